The molecule has 0 heterocycles. The summed E-state index contributed by atoms with van der Waals surface area (Å²) in [7, 11) is 0. The smallest absolute Gasteiger partial charge is 0.306 e. The molecule has 1 unspecified atom stereocenters. The van der Waals surface area contributed by atoms with Crippen LogP contribution in [-0.4, -0.2) is 37.2 Å². The first-order valence-corrected chi connectivity index (χ1v) is 30.5. The van der Waals surface area contributed by atoms with E-state index in [1.807, 2.05) is 0 Å². The van der Waals surface area contributed by atoms with Crippen molar-refractivity contribution in [2.45, 2.75) is 335 Å². The predicted octanol–water partition coefficient (Wildman–Crippen LogP) is 20.4. The van der Waals surface area contributed by atoms with Gasteiger partial charge in [0.05, 0.1) is 0 Å². The Labute approximate surface area is 429 Å². The Hall–Kier alpha value is -2.37. The van der Waals surface area contributed by atoms with Crippen LogP contribution < -0.4 is 0 Å². The molecule has 0 spiro atoms. The monoisotopic (exact) mass is 969 g/mol. The molecule has 0 N–H and O–H groups in total. The van der Waals surface area contributed by atoms with E-state index in [0.29, 0.717) is 19.3 Å². The maximum absolute atomic E-state index is 12.9. The lowest BCUT2D eigenvalue weighted by atomic mass is 10.0. The highest BCUT2D eigenvalue weighted by Gasteiger charge is 2.19. The predicted molar refractivity (Wildman–Crippen MR) is 298 cm³/mol. The number of allylic oxidation sites excluding steroid dienone is 6. The fourth-order valence-corrected chi connectivity index (χ4v) is 9.00. The molecule has 0 aliphatic rings. The molecule has 0 fully saturated rings. The quantitative estimate of drug-likeness (QED) is 0.0261. The van der Waals surface area contributed by atoms with Crippen LogP contribution in [0.5, 0.6) is 0 Å². The zero-order valence-electron chi connectivity index (χ0n) is 46.3. The average Bonchev–Trinajstić information content (AvgIpc) is 3.35. The maximum Gasteiger partial charge on any atom is 0.306 e. The molecule has 1 atom stereocenters. The van der Waals surface area contributed by atoms with Crippen LogP contribution in [0.25, 0.3) is 0 Å². The highest BCUT2D eigenvalue weighted by molar-refractivity contribution is 5.71. The molecule has 0 saturated carbocycles. The minimum Gasteiger partial charge on any atom is -0.462 e. The van der Waals surface area contributed by atoms with Gasteiger partial charge in [0.1, 0.15) is 13.2 Å². The van der Waals surface area contributed by atoms with Gasteiger partial charge >= 0.3 is 17.9 Å². The van der Waals surface area contributed by atoms with E-state index >= 15 is 0 Å². The molecule has 0 bridgehead atoms. The van der Waals surface area contributed by atoms with Crippen LogP contribution >= 0.6 is 0 Å². The Kier molecular flexibility index (Phi) is 56.2. The van der Waals surface area contributed by atoms with E-state index in [9.17, 15) is 14.4 Å². The van der Waals surface area contributed by atoms with Crippen LogP contribution in [0.1, 0.15) is 329 Å². The third kappa shape index (κ3) is 56.4. The number of hydrogen-bond donors (Lipinski definition) is 0. The number of esters is 3. The molecule has 0 rings (SSSR count). The SMILES string of the molecule is CCCCCC/C=C\C/C=C\CCCCCCCCCC(=O)OCC(COC(=O)CCCCCCCCCCCCCCCCCC)OC(=O)CCCCCCCCC/C=C\CCCCCCCC. The van der Waals surface area contributed by atoms with Crippen molar-refractivity contribution in [2.24, 2.45) is 0 Å². The van der Waals surface area contributed by atoms with E-state index in [-0.39, 0.29) is 31.1 Å². The van der Waals surface area contributed by atoms with Crippen LogP contribution in [0.4, 0.5) is 0 Å². The summed E-state index contributed by atoms with van der Waals surface area (Å²) < 4.78 is 16.9. The van der Waals surface area contributed by atoms with Gasteiger partial charge in [-0.3, -0.25) is 14.4 Å². The fourth-order valence-electron chi connectivity index (χ4n) is 9.00. The number of ether oxygens (including phenoxy) is 3. The molecule has 404 valence electrons. The fraction of sp³-hybridized carbons (Fsp3) is 0.857. The molecule has 69 heavy (non-hydrogen) atoms. The average molecular weight is 970 g/mol. The molecule has 0 aromatic heterocycles. The van der Waals surface area contributed by atoms with E-state index < -0.39 is 6.10 Å². The summed E-state index contributed by atoms with van der Waals surface area (Å²) in [4.78, 5) is 38.2. The topological polar surface area (TPSA) is 78.9 Å². The summed E-state index contributed by atoms with van der Waals surface area (Å²) in [6.45, 7) is 6.66. The highest BCUT2D eigenvalue weighted by Crippen LogP contribution is 2.17. The van der Waals surface area contributed by atoms with Gasteiger partial charge in [0, 0.05) is 19.3 Å². The van der Waals surface area contributed by atoms with E-state index in [1.165, 1.54) is 218 Å². The van der Waals surface area contributed by atoms with Crippen molar-refractivity contribution in [3.63, 3.8) is 0 Å². The van der Waals surface area contributed by atoms with Crippen molar-refractivity contribution < 1.29 is 28.6 Å². The van der Waals surface area contributed by atoms with Gasteiger partial charge in [0.2, 0.25) is 0 Å². The van der Waals surface area contributed by atoms with Crippen LogP contribution in [0.15, 0.2) is 36.5 Å². The Morgan fingerprint density at radius 2 is 0.522 bits per heavy atom. The Balaban J connectivity index is 4.36. The Morgan fingerprint density at radius 1 is 0.290 bits per heavy atom. The van der Waals surface area contributed by atoms with Gasteiger partial charge in [0.25, 0.3) is 0 Å². The molecular formula is C63H116O6. The highest BCUT2D eigenvalue weighted by atomic mass is 16.6. The molecule has 0 aliphatic heterocycles. The second-order valence-corrected chi connectivity index (χ2v) is 20.6. The van der Waals surface area contributed by atoms with Crippen LogP contribution in [0.2, 0.25) is 0 Å². The van der Waals surface area contributed by atoms with Crippen molar-refractivity contribution in [3.8, 4) is 0 Å². The first-order chi connectivity index (χ1) is 34.0. The van der Waals surface area contributed by atoms with Crippen molar-refractivity contribution in [3.05, 3.63) is 36.5 Å². The van der Waals surface area contributed by atoms with Gasteiger partial charge in [-0.2, -0.15) is 0 Å². The lowest BCUT2D eigenvalue weighted by Gasteiger charge is -2.18. The first-order valence-electron chi connectivity index (χ1n) is 30.5. The third-order valence-corrected chi connectivity index (χ3v) is 13.6. The summed E-state index contributed by atoms with van der Waals surface area (Å²) >= 11 is 0. The van der Waals surface area contributed by atoms with Crippen LogP contribution in [0, 0.1) is 0 Å². The molecule has 6 heteroatoms. The van der Waals surface area contributed by atoms with Crippen molar-refractivity contribution in [1.82, 2.24) is 0 Å². The number of carbonyl (C=O) groups excluding carboxylic acids is 3. The molecule has 6 nitrogen and oxygen atoms in total. The molecule has 0 radical (unpaired) electrons. The number of hydrogen-bond acceptors (Lipinski definition) is 6. The molecule has 0 aromatic carbocycles. The maximum atomic E-state index is 12.9. The van der Waals surface area contributed by atoms with Crippen molar-refractivity contribution in [2.75, 3.05) is 13.2 Å². The molecular weight excluding hydrogens is 853 g/mol. The van der Waals surface area contributed by atoms with E-state index in [2.05, 4.69) is 57.2 Å². The third-order valence-electron chi connectivity index (χ3n) is 13.6. The lowest BCUT2D eigenvalue weighted by molar-refractivity contribution is -0.167. The van der Waals surface area contributed by atoms with Gasteiger partial charge in [0.15, 0.2) is 6.10 Å². The van der Waals surface area contributed by atoms with E-state index in [4.69, 9.17) is 14.2 Å². The van der Waals surface area contributed by atoms with Gasteiger partial charge in [-0.1, -0.05) is 269 Å². The van der Waals surface area contributed by atoms with Crippen LogP contribution in [0.3, 0.4) is 0 Å². The Morgan fingerprint density at radius 3 is 0.826 bits per heavy atom. The van der Waals surface area contributed by atoms with Crippen molar-refractivity contribution in [1.29, 1.82) is 0 Å². The standard InChI is InChI=1S/C63H116O6/c1-4-7-10-13-16-19-22-25-28-31-33-35-38-41-44-47-50-53-56-62(65)68-59-60(58-67-61(64)55-52-49-46-43-40-37-34-30-27-24-21-18-15-12-9-6-3)69-63(66)57-54-51-48-45-42-39-36-32-29-26-23-20-17-14-11-8-5-2/h19,22,26,28-29,31,60H,4-18,20-21,23-25,27,30,32-59H2,1-3H3/b22-19-,29-26-,31-28-. The number of unbranched alkanes of at least 4 members (excludes halogenated alkanes) is 39. The summed E-state index contributed by atoms with van der Waals surface area (Å²) in [5.41, 5.74) is 0. The summed E-state index contributed by atoms with van der Waals surface area (Å²) in [6, 6.07) is 0. The van der Waals surface area contributed by atoms with Gasteiger partial charge in [-0.05, 0) is 77.0 Å². The van der Waals surface area contributed by atoms with E-state index in [1.54, 1.807) is 0 Å². The largest absolute Gasteiger partial charge is 0.462 e. The summed E-state index contributed by atoms with van der Waals surface area (Å²) in [5.74, 6) is -0.864. The molecule has 0 amide bonds. The summed E-state index contributed by atoms with van der Waals surface area (Å²) in [5, 5.41) is 0. The van der Waals surface area contributed by atoms with Crippen molar-refractivity contribution >= 4 is 17.9 Å². The summed E-state index contributed by atoms with van der Waals surface area (Å²) in [6.07, 6.45) is 69.9. The zero-order valence-corrected chi connectivity index (χ0v) is 46.3. The molecule has 0 saturated heterocycles. The van der Waals surface area contributed by atoms with Gasteiger partial charge in [-0.15, -0.1) is 0 Å². The molecule has 0 aliphatic carbocycles. The normalized spacial score (nSPS) is 12.2. The van der Waals surface area contributed by atoms with Gasteiger partial charge in [-0.25, -0.2) is 0 Å². The molecule has 0 aromatic rings. The second-order valence-electron chi connectivity index (χ2n) is 20.6. The lowest BCUT2D eigenvalue weighted by Crippen LogP contribution is -2.30. The van der Waals surface area contributed by atoms with E-state index in [0.717, 1.165) is 70.6 Å². The number of carbonyl (C=O) groups is 3. The second kappa shape index (κ2) is 58.2. The zero-order chi connectivity index (χ0) is 50.0. The minimum absolute atomic E-state index is 0.0724. The Bertz CT molecular complexity index is 1160. The minimum atomic E-state index is -0.775. The first kappa shape index (κ1) is 66.6. The van der Waals surface area contributed by atoms with Crippen LogP contribution in [-0.2, 0) is 28.6 Å². The van der Waals surface area contributed by atoms with Gasteiger partial charge < -0.3 is 14.2 Å². The number of rotatable bonds is 56.